The fraction of sp³-hybridized carbons (Fsp3) is 0.333. The van der Waals surface area contributed by atoms with Gasteiger partial charge in [0.05, 0.1) is 5.92 Å². The number of halogens is 1. The van der Waals surface area contributed by atoms with Gasteiger partial charge in [-0.05, 0) is 55.2 Å². The minimum absolute atomic E-state index is 0.0836. The van der Waals surface area contributed by atoms with Crippen molar-refractivity contribution >= 4 is 23.1 Å². The van der Waals surface area contributed by atoms with E-state index in [1.165, 1.54) is 24.3 Å². The third-order valence-corrected chi connectivity index (χ3v) is 5.72. The molecule has 0 spiro atoms. The second-order valence-corrected chi connectivity index (χ2v) is 8.76. The van der Waals surface area contributed by atoms with Crippen LogP contribution in [0.1, 0.15) is 45.2 Å². The van der Waals surface area contributed by atoms with E-state index in [9.17, 15) is 14.0 Å². The number of fused-ring (bicyclic) bond motifs is 1. The Morgan fingerprint density at radius 2 is 1.83 bits per heavy atom. The summed E-state index contributed by atoms with van der Waals surface area (Å²) < 4.78 is 13.2. The average Bonchev–Trinajstić information content (AvgIpc) is 2.68. The van der Waals surface area contributed by atoms with E-state index in [2.05, 4.69) is 24.1 Å². The summed E-state index contributed by atoms with van der Waals surface area (Å²) in [5.74, 6) is -1.64. The SMILES string of the molecule is CC1=C(C(=O)Nc2ccc(F)cc2)[C@H](c2ccccn2)[C@H]2C(=O)CC(C)(C)CC2=N1. The Bertz CT molecular complexity index is 1060. The first kappa shape index (κ1) is 20.1. The number of aromatic nitrogens is 1. The van der Waals surface area contributed by atoms with E-state index in [0.717, 1.165) is 5.71 Å². The van der Waals surface area contributed by atoms with Crippen molar-refractivity contribution in [3.8, 4) is 0 Å². The van der Waals surface area contributed by atoms with Crippen LogP contribution in [0.3, 0.4) is 0 Å². The fourth-order valence-electron chi connectivity index (χ4n) is 4.50. The monoisotopic (exact) mass is 405 g/mol. The second kappa shape index (κ2) is 7.59. The van der Waals surface area contributed by atoms with Gasteiger partial charge in [-0.25, -0.2) is 4.39 Å². The molecule has 1 aliphatic carbocycles. The van der Waals surface area contributed by atoms with Gasteiger partial charge in [0.15, 0.2) is 0 Å². The Kier molecular flexibility index (Phi) is 5.10. The van der Waals surface area contributed by atoms with Crippen LogP contribution in [-0.4, -0.2) is 22.4 Å². The van der Waals surface area contributed by atoms with Crippen LogP contribution in [0, 0.1) is 17.2 Å². The second-order valence-electron chi connectivity index (χ2n) is 8.76. The number of nitrogens with one attached hydrogen (secondary N) is 1. The van der Waals surface area contributed by atoms with E-state index in [-0.39, 0.29) is 22.9 Å². The van der Waals surface area contributed by atoms with E-state index in [4.69, 9.17) is 4.99 Å². The Hall–Kier alpha value is -3.15. The predicted molar refractivity (Wildman–Crippen MR) is 114 cm³/mol. The molecule has 1 saturated carbocycles. The fourth-order valence-corrected chi connectivity index (χ4v) is 4.50. The van der Waals surface area contributed by atoms with Gasteiger partial charge in [-0.3, -0.25) is 19.6 Å². The first-order valence-corrected chi connectivity index (χ1v) is 10.0. The van der Waals surface area contributed by atoms with Gasteiger partial charge < -0.3 is 5.32 Å². The van der Waals surface area contributed by atoms with Crippen LogP contribution in [0.2, 0.25) is 0 Å². The molecule has 0 saturated heterocycles. The highest BCUT2D eigenvalue weighted by Gasteiger charge is 2.47. The van der Waals surface area contributed by atoms with E-state index >= 15 is 0 Å². The molecule has 2 aliphatic rings. The first-order chi connectivity index (χ1) is 14.2. The molecule has 0 bridgehead atoms. The number of aliphatic imine (C=N–C) groups is 1. The van der Waals surface area contributed by atoms with Crippen LogP contribution in [0.15, 0.2) is 64.9 Å². The lowest BCUT2D eigenvalue weighted by molar-refractivity contribution is -0.124. The molecule has 2 aromatic rings. The van der Waals surface area contributed by atoms with Gasteiger partial charge in [0.25, 0.3) is 5.91 Å². The maximum absolute atomic E-state index is 13.3. The maximum Gasteiger partial charge on any atom is 0.254 e. The van der Waals surface area contributed by atoms with Crippen molar-refractivity contribution in [2.45, 2.75) is 39.5 Å². The van der Waals surface area contributed by atoms with Crippen molar-refractivity contribution in [1.29, 1.82) is 0 Å². The zero-order valence-electron chi connectivity index (χ0n) is 17.3. The van der Waals surface area contributed by atoms with Crippen molar-refractivity contribution in [2.24, 2.45) is 16.3 Å². The quantitative estimate of drug-likeness (QED) is 0.806. The number of benzene rings is 1. The predicted octanol–water partition coefficient (Wildman–Crippen LogP) is 4.68. The van der Waals surface area contributed by atoms with E-state index in [0.29, 0.717) is 35.5 Å². The molecule has 0 radical (unpaired) electrons. The largest absolute Gasteiger partial charge is 0.322 e. The molecule has 1 amide bonds. The highest BCUT2D eigenvalue weighted by molar-refractivity contribution is 6.14. The van der Waals surface area contributed by atoms with Crippen molar-refractivity contribution in [1.82, 2.24) is 4.98 Å². The molecule has 1 N–H and O–H groups in total. The van der Waals surface area contributed by atoms with Crippen LogP contribution in [-0.2, 0) is 9.59 Å². The number of nitrogens with zero attached hydrogens (tertiary/aromatic N) is 2. The molecule has 1 aliphatic heterocycles. The number of hydrogen-bond acceptors (Lipinski definition) is 4. The number of carbonyl (C=O) groups excluding carboxylic acids is 2. The molecule has 0 unspecified atom stereocenters. The summed E-state index contributed by atoms with van der Waals surface area (Å²) in [7, 11) is 0. The Morgan fingerprint density at radius 1 is 1.10 bits per heavy atom. The van der Waals surface area contributed by atoms with Crippen molar-refractivity contribution in [2.75, 3.05) is 5.32 Å². The molecule has 4 rings (SSSR count). The number of rotatable bonds is 3. The molecular formula is C24H24FN3O2. The summed E-state index contributed by atoms with van der Waals surface area (Å²) in [4.78, 5) is 35.7. The van der Waals surface area contributed by atoms with Crippen LogP contribution >= 0.6 is 0 Å². The molecule has 30 heavy (non-hydrogen) atoms. The average molecular weight is 405 g/mol. The Labute approximate surface area is 175 Å². The lowest BCUT2D eigenvalue weighted by Crippen LogP contribution is -2.44. The van der Waals surface area contributed by atoms with Gasteiger partial charge in [0.1, 0.15) is 11.6 Å². The number of allylic oxidation sites excluding steroid dienone is 1. The smallest absolute Gasteiger partial charge is 0.254 e. The highest BCUT2D eigenvalue weighted by atomic mass is 19.1. The lowest BCUT2D eigenvalue weighted by atomic mass is 9.64. The summed E-state index contributed by atoms with van der Waals surface area (Å²) >= 11 is 0. The van der Waals surface area contributed by atoms with Gasteiger partial charge in [-0.2, -0.15) is 0 Å². The van der Waals surface area contributed by atoms with E-state index < -0.39 is 11.8 Å². The number of ketones is 1. The van der Waals surface area contributed by atoms with Gasteiger partial charge >= 0.3 is 0 Å². The summed E-state index contributed by atoms with van der Waals surface area (Å²) in [5.41, 5.74) is 2.83. The number of amides is 1. The third kappa shape index (κ3) is 3.82. The molecular weight excluding hydrogens is 381 g/mol. The zero-order chi connectivity index (χ0) is 21.5. The molecule has 2 heterocycles. The number of Topliss-reactive ketones (excluding diaryl/α,β-unsaturated/α-hetero) is 1. The zero-order valence-corrected chi connectivity index (χ0v) is 17.3. The van der Waals surface area contributed by atoms with Crippen LogP contribution < -0.4 is 5.32 Å². The van der Waals surface area contributed by atoms with Gasteiger partial charge in [-0.1, -0.05) is 19.9 Å². The highest BCUT2D eigenvalue weighted by Crippen LogP contribution is 2.46. The maximum atomic E-state index is 13.3. The lowest BCUT2D eigenvalue weighted by Gasteiger charge is -2.40. The first-order valence-electron chi connectivity index (χ1n) is 10.0. The molecule has 2 atom stereocenters. The number of pyridine rings is 1. The standard InChI is InChI=1S/C24H24FN3O2/c1-14-20(23(30)28-16-9-7-15(25)8-10-16)22(17-6-4-5-11-26-17)21-18(27-14)12-24(2,3)13-19(21)29/h4-11,21-22H,12-13H2,1-3H3,(H,28,30)/t21-,22+/m1/s1. The molecule has 6 heteroatoms. The molecule has 1 fully saturated rings. The summed E-state index contributed by atoms with van der Waals surface area (Å²) in [6.07, 6.45) is 2.81. The minimum Gasteiger partial charge on any atom is -0.322 e. The topological polar surface area (TPSA) is 71.4 Å². The normalized spacial score (nSPS) is 22.9. The molecule has 5 nitrogen and oxygen atoms in total. The Morgan fingerprint density at radius 3 is 2.50 bits per heavy atom. The summed E-state index contributed by atoms with van der Waals surface area (Å²) in [6.45, 7) is 5.93. The van der Waals surface area contributed by atoms with Crippen molar-refractivity contribution < 1.29 is 14.0 Å². The van der Waals surface area contributed by atoms with Crippen LogP contribution in [0.4, 0.5) is 10.1 Å². The third-order valence-electron chi connectivity index (χ3n) is 5.72. The van der Waals surface area contributed by atoms with Crippen LogP contribution in [0.25, 0.3) is 0 Å². The van der Waals surface area contributed by atoms with Crippen molar-refractivity contribution in [3.05, 3.63) is 71.4 Å². The van der Waals surface area contributed by atoms with Crippen LogP contribution in [0.5, 0.6) is 0 Å². The summed E-state index contributed by atoms with van der Waals surface area (Å²) in [6, 6.07) is 11.1. The number of anilines is 1. The van der Waals surface area contributed by atoms with Gasteiger partial charge in [-0.15, -0.1) is 0 Å². The summed E-state index contributed by atoms with van der Waals surface area (Å²) in [5, 5.41) is 2.82. The molecule has 154 valence electrons. The number of hydrogen-bond donors (Lipinski definition) is 1. The van der Waals surface area contributed by atoms with E-state index in [1.807, 2.05) is 18.2 Å². The Balaban J connectivity index is 1.79. The molecule has 1 aromatic heterocycles. The van der Waals surface area contributed by atoms with Gasteiger partial charge in [0, 0.05) is 46.9 Å². The molecule has 1 aromatic carbocycles. The van der Waals surface area contributed by atoms with E-state index in [1.54, 1.807) is 13.1 Å². The van der Waals surface area contributed by atoms with Gasteiger partial charge in [0.2, 0.25) is 0 Å². The van der Waals surface area contributed by atoms with Crippen molar-refractivity contribution in [3.63, 3.8) is 0 Å². The number of carbonyl (C=O) groups is 2. The minimum atomic E-state index is -0.497.